The largest absolute Gasteiger partial charge is 0.315 e. The Labute approximate surface area is 86.5 Å². The number of aromatic nitrogens is 2. The molecule has 0 fully saturated rings. The smallest absolute Gasteiger partial charge is 0.0524 e. The topological polar surface area (TPSA) is 29.9 Å². The Morgan fingerprint density at radius 1 is 1.57 bits per heavy atom. The standard InChI is InChI=1S/C11H21N3/c1-5-12-9(2)6-7-11-8-13-14(4)10(11)3/h8-9,12H,5-7H2,1-4H3. The molecule has 0 aliphatic rings. The maximum absolute atomic E-state index is 4.24. The van der Waals surface area contributed by atoms with Crippen LogP contribution in [0.15, 0.2) is 6.20 Å². The molecule has 0 aliphatic carbocycles. The maximum Gasteiger partial charge on any atom is 0.0524 e. The van der Waals surface area contributed by atoms with Gasteiger partial charge in [-0.25, -0.2) is 0 Å². The molecule has 1 heterocycles. The van der Waals surface area contributed by atoms with Gasteiger partial charge in [0.25, 0.3) is 0 Å². The lowest BCUT2D eigenvalue weighted by Crippen LogP contribution is -2.25. The predicted molar refractivity (Wildman–Crippen MR) is 59.4 cm³/mol. The third-order valence-corrected chi connectivity index (χ3v) is 2.74. The van der Waals surface area contributed by atoms with Gasteiger partial charge in [-0.3, -0.25) is 4.68 Å². The molecule has 0 spiro atoms. The second-order valence-electron chi connectivity index (χ2n) is 3.88. The minimum atomic E-state index is 0.597. The minimum Gasteiger partial charge on any atom is -0.315 e. The van der Waals surface area contributed by atoms with Crippen LogP contribution in [0.5, 0.6) is 0 Å². The van der Waals surface area contributed by atoms with Gasteiger partial charge in [0.1, 0.15) is 0 Å². The first-order valence-electron chi connectivity index (χ1n) is 5.36. The van der Waals surface area contributed by atoms with E-state index < -0.39 is 0 Å². The lowest BCUT2D eigenvalue weighted by Gasteiger charge is -2.11. The molecule has 3 nitrogen and oxygen atoms in total. The fraction of sp³-hybridized carbons (Fsp3) is 0.727. The van der Waals surface area contributed by atoms with Gasteiger partial charge in [-0.05, 0) is 38.8 Å². The summed E-state index contributed by atoms with van der Waals surface area (Å²) >= 11 is 0. The molecular formula is C11H21N3. The molecule has 0 bridgehead atoms. The van der Waals surface area contributed by atoms with Crippen molar-refractivity contribution in [1.82, 2.24) is 15.1 Å². The summed E-state index contributed by atoms with van der Waals surface area (Å²) in [4.78, 5) is 0. The zero-order valence-corrected chi connectivity index (χ0v) is 9.67. The first-order chi connectivity index (χ1) is 6.65. The van der Waals surface area contributed by atoms with E-state index in [-0.39, 0.29) is 0 Å². The van der Waals surface area contributed by atoms with Crippen LogP contribution >= 0.6 is 0 Å². The van der Waals surface area contributed by atoms with E-state index in [1.807, 2.05) is 17.9 Å². The van der Waals surface area contributed by atoms with Crippen LogP contribution in [0, 0.1) is 6.92 Å². The van der Waals surface area contributed by atoms with E-state index in [2.05, 4.69) is 31.2 Å². The van der Waals surface area contributed by atoms with Gasteiger partial charge >= 0.3 is 0 Å². The van der Waals surface area contributed by atoms with Crippen molar-refractivity contribution >= 4 is 0 Å². The third kappa shape index (κ3) is 2.84. The molecule has 1 rings (SSSR count). The highest BCUT2D eigenvalue weighted by atomic mass is 15.3. The summed E-state index contributed by atoms with van der Waals surface area (Å²) in [7, 11) is 1.99. The molecule has 1 aromatic heterocycles. The first-order valence-corrected chi connectivity index (χ1v) is 5.36. The summed E-state index contributed by atoms with van der Waals surface area (Å²) in [6.45, 7) is 7.55. The number of aryl methyl sites for hydroxylation is 2. The molecule has 3 heteroatoms. The molecule has 0 saturated heterocycles. The van der Waals surface area contributed by atoms with Gasteiger partial charge in [-0.2, -0.15) is 5.10 Å². The van der Waals surface area contributed by atoms with E-state index in [4.69, 9.17) is 0 Å². The van der Waals surface area contributed by atoms with Crippen LogP contribution in [-0.2, 0) is 13.5 Å². The van der Waals surface area contributed by atoms with Gasteiger partial charge in [-0.15, -0.1) is 0 Å². The number of nitrogens with one attached hydrogen (secondary N) is 1. The van der Waals surface area contributed by atoms with E-state index in [1.165, 1.54) is 17.7 Å². The van der Waals surface area contributed by atoms with E-state index >= 15 is 0 Å². The highest BCUT2D eigenvalue weighted by molar-refractivity contribution is 5.15. The minimum absolute atomic E-state index is 0.597. The van der Waals surface area contributed by atoms with E-state index in [0.29, 0.717) is 6.04 Å². The van der Waals surface area contributed by atoms with Crippen molar-refractivity contribution in [1.29, 1.82) is 0 Å². The van der Waals surface area contributed by atoms with Crippen molar-refractivity contribution in [3.8, 4) is 0 Å². The van der Waals surface area contributed by atoms with Crippen molar-refractivity contribution in [2.75, 3.05) is 6.54 Å². The van der Waals surface area contributed by atoms with Crippen molar-refractivity contribution in [2.45, 2.75) is 39.7 Å². The van der Waals surface area contributed by atoms with E-state index in [0.717, 1.165) is 13.0 Å². The Bertz CT molecular complexity index is 278. The number of hydrogen-bond donors (Lipinski definition) is 1. The summed E-state index contributed by atoms with van der Waals surface area (Å²) in [5.74, 6) is 0. The van der Waals surface area contributed by atoms with Gasteiger partial charge in [-0.1, -0.05) is 6.92 Å². The van der Waals surface area contributed by atoms with Crippen molar-refractivity contribution in [2.24, 2.45) is 7.05 Å². The number of nitrogens with zero attached hydrogens (tertiary/aromatic N) is 2. The monoisotopic (exact) mass is 195 g/mol. The first kappa shape index (κ1) is 11.2. The van der Waals surface area contributed by atoms with Gasteiger partial charge in [0.15, 0.2) is 0 Å². The maximum atomic E-state index is 4.24. The van der Waals surface area contributed by atoms with Crippen LogP contribution in [0.2, 0.25) is 0 Å². The SMILES string of the molecule is CCNC(C)CCc1cnn(C)c1C. The molecule has 0 amide bonds. The average molecular weight is 195 g/mol. The molecule has 0 aromatic carbocycles. The van der Waals surface area contributed by atoms with E-state index in [1.54, 1.807) is 0 Å². The molecule has 0 saturated carbocycles. The fourth-order valence-corrected chi connectivity index (χ4v) is 1.61. The molecule has 80 valence electrons. The van der Waals surface area contributed by atoms with Gasteiger partial charge < -0.3 is 5.32 Å². The Kier molecular flexibility index (Phi) is 4.14. The molecule has 0 aliphatic heterocycles. The Morgan fingerprint density at radius 2 is 2.29 bits per heavy atom. The molecule has 1 aromatic rings. The molecule has 1 unspecified atom stereocenters. The highest BCUT2D eigenvalue weighted by Crippen LogP contribution is 2.09. The summed E-state index contributed by atoms with van der Waals surface area (Å²) in [6, 6.07) is 0.597. The summed E-state index contributed by atoms with van der Waals surface area (Å²) in [5.41, 5.74) is 2.66. The molecular weight excluding hydrogens is 174 g/mol. The van der Waals surface area contributed by atoms with Gasteiger partial charge in [0, 0.05) is 18.8 Å². The highest BCUT2D eigenvalue weighted by Gasteiger charge is 2.05. The van der Waals surface area contributed by atoms with Crippen molar-refractivity contribution in [3.05, 3.63) is 17.5 Å². The predicted octanol–water partition coefficient (Wildman–Crippen LogP) is 1.66. The summed E-state index contributed by atoms with van der Waals surface area (Å²) < 4.78 is 1.94. The van der Waals surface area contributed by atoms with Crippen LogP contribution in [0.25, 0.3) is 0 Å². The second-order valence-corrected chi connectivity index (χ2v) is 3.88. The van der Waals surface area contributed by atoms with Crippen molar-refractivity contribution < 1.29 is 0 Å². The van der Waals surface area contributed by atoms with Crippen LogP contribution in [-0.4, -0.2) is 22.4 Å². The second kappa shape index (κ2) is 5.15. The fourth-order valence-electron chi connectivity index (χ4n) is 1.61. The zero-order chi connectivity index (χ0) is 10.6. The van der Waals surface area contributed by atoms with Crippen LogP contribution < -0.4 is 5.32 Å². The lowest BCUT2D eigenvalue weighted by atomic mass is 10.1. The van der Waals surface area contributed by atoms with E-state index in [9.17, 15) is 0 Å². The molecule has 14 heavy (non-hydrogen) atoms. The Morgan fingerprint density at radius 3 is 2.79 bits per heavy atom. The van der Waals surface area contributed by atoms with Crippen molar-refractivity contribution in [3.63, 3.8) is 0 Å². The Hall–Kier alpha value is -0.830. The van der Waals surface area contributed by atoms with Crippen LogP contribution in [0.3, 0.4) is 0 Å². The summed E-state index contributed by atoms with van der Waals surface area (Å²) in [5, 5.41) is 7.65. The zero-order valence-electron chi connectivity index (χ0n) is 9.67. The van der Waals surface area contributed by atoms with Gasteiger partial charge in [0.05, 0.1) is 6.20 Å². The number of rotatable bonds is 5. The molecule has 0 radical (unpaired) electrons. The normalized spacial score (nSPS) is 13.1. The number of hydrogen-bond acceptors (Lipinski definition) is 2. The van der Waals surface area contributed by atoms with Gasteiger partial charge in [0.2, 0.25) is 0 Å². The lowest BCUT2D eigenvalue weighted by molar-refractivity contribution is 0.530. The summed E-state index contributed by atoms with van der Waals surface area (Å²) in [6.07, 6.45) is 4.28. The quantitative estimate of drug-likeness (QED) is 0.774. The Balaban J connectivity index is 2.41. The van der Waals surface area contributed by atoms with Crippen LogP contribution in [0.4, 0.5) is 0 Å². The van der Waals surface area contributed by atoms with Crippen LogP contribution in [0.1, 0.15) is 31.5 Å². The molecule has 1 atom stereocenters. The average Bonchev–Trinajstić information content (AvgIpc) is 2.46. The molecule has 1 N–H and O–H groups in total. The third-order valence-electron chi connectivity index (χ3n) is 2.74.